The van der Waals surface area contributed by atoms with Crippen LogP contribution in [0, 0.1) is 0 Å². The molecule has 0 atom stereocenters. The maximum absolute atomic E-state index is 5.49. The van der Waals surface area contributed by atoms with Crippen LogP contribution in [0.5, 0.6) is 0 Å². The van der Waals surface area contributed by atoms with Crippen LogP contribution in [0.25, 0.3) is 0 Å². The van der Waals surface area contributed by atoms with Gasteiger partial charge in [0, 0.05) is 11.8 Å². The Morgan fingerprint density at radius 2 is 1.81 bits per heavy atom. The van der Waals surface area contributed by atoms with Crippen molar-refractivity contribution in [3.8, 4) is 0 Å². The van der Waals surface area contributed by atoms with E-state index in [1.807, 2.05) is 18.2 Å². The minimum atomic E-state index is -0.0189. The molecule has 2 nitrogen and oxygen atoms in total. The van der Waals surface area contributed by atoms with Crippen molar-refractivity contribution in [2.45, 2.75) is 32.6 Å². The number of benzene rings is 1. The predicted octanol–water partition coefficient (Wildman–Crippen LogP) is 3.56. The first-order valence-corrected chi connectivity index (χ1v) is 5.54. The lowest BCUT2D eigenvalue weighted by Gasteiger charge is -2.11. The molecule has 1 aromatic heterocycles. The summed E-state index contributed by atoms with van der Waals surface area (Å²) in [6.07, 6.45) is 2.59. The molecule has 0 bridgehead atoms. The Balaban J connectivity index is 2.15. The van der Waals surface area contributed by atoms with Gasteiger partial charge in [-0.25, -0.2) is 4.98 Å². The van der Waals surface area contributed by atoms with Gasteiger partial charge in [-0.1, -0.05) is 51.1 Å². The monoisotopic (exact) mass is 215 g/mol. The van der Waals surface area contributed by atoms with Crippen molar-refractivity contribution in [2.24, 2.45) is 0 Å². The van der Waals surface area contributed by atoms with Gasteiger partial charge >= 0.3 is 0 Å². The van der Waals surface area contributed by atoms with Crippen molar-refractivity contribution < 1.29 is 4.42 Å². The molecule has 2 rings (SSSR count). The molecule has 0 aliphatic heterocycles. The second kappa shape index (κ2) is 4.12. The molecule has 0 aliphatic carbocycles. The van der Waals surface area contributed by atoms with Gasteiger partial charge in [-0.3, -0.25) is 0 Å². The van der Waals surface area contributed by atoms with Crippen LogP contribution in [-0.2, 0) is 11.8 Å². The average Bonchev–Trinajstić information content (AvgIpc) is 2.67. The average molecular weight is 215 g/mol. The summed E-state index contributed by atoms with van der Waals surface area (Å²) in [6.45, 7) is 6.31. The maximum Gasteiger partial charge on any atom is 0.199 e. The molecule has 16 heavy (non-hydrogen) atoms. The first-order valence-electron chi connectivity index (χ1n) is 5.54. The van der Waals surface area contributed by atoms with E-state index in [1.54, 1.807) is 6.26 Å². The highest BCUT2D eigenvalue weighted by molar-refractivity contribution is 5.20. The second-order valence-corrected chi connectivity index (χ2v) is 5.06. The largest absolute Gasteiger partial charge is 0.448 e. The van der Waals surface area contributed by atoms with Gasteiger partial charge in [0.05, 0.1) is 5.69 Å². The van der Waals surface area contributed by atoms with Crippen LogP contribution in [-0.4, -0.2) is 4.98 Å². The van der Waals surface area contributed by atoms with Gasteiger partial charge < -0.3 is 4.42 Å². The van der Waals surface area contributed by atoms with Gasteiger partial charge in [0.15, 0.2) is 5.89 Å². The molecule has 1 heterocycles. The number of rotatable bonds is 2. The molecule has 0 unspecified atom stereocenters. The quantitative estimate of drug-likeness (QED) is 0.765. The lowest BCUT2D eigenvalue weighted by atomic mass is 9.97. The molecule has 0 amide bonds. The summed E-state index contributed by atoms with van der Waals surface area (Å²) in [7, 11) is 0. The Hall–Kier alpha value is -1.57. The molecule has 0 radical (unpaired) electrons. The summed E-state index contributed by atoms with van der Waals surface area (Å²) in [5.41, 5.74) is 2.24. The van der Waals surface area contributed by atoms with E-state index < -0.39 is 0 Å². The molecule has 84 valence electrons. The van der Waals surface area contributed by atoms with Gasteiger partial charge in [-0.15, -0.1) is 0 Å². The van der Waals surface area contributed by atoms with Crippen molar-refractivity contribution in [3.63, 3.8) is 0 Å². The third kappa shape index (κ3) is 2.51. The molecular weight excluding hydrogens is 198 g/mol. The Morgan fingerprint density at radius 1 is 1.12 bits per heavy atom. The standard InChI is InChI=1S/C14H17NO/c1-14(2,3)13-15-12(10-16-13)9-11-7-5-4-6-8-11/h4-8,10H,9H2,1-3H3. The summed E-state index contributed by atoms with van der Waals surface area (Å²) < 4.78 is 5.49. The molecular formula is C14H17NO. The highest BCUT2D eigenvalue weighted by Gasteiger charge is 2.19. The second-order valence-electron chi connectivity index (χ2n) is 5.06. The summed E-state index contributed by atoms with van der Waals surface area (Å²) in [5, 5.41) is 0. The number of oxazole rings is 1. The molecule has 0 saturated carbocycles. The molecule has 0 spiro atoms. The Labute approximate surface area is 96.3 Å². The topological polar surface area (TPSA) is 26.0 Å². The van der Waals surface area contributed by atoms with E-state index in [9.17, 15) is 0 Å². The molecule has 0 N–H and O–H groups in total. The Morgan fingerprint density at radius 3 is 2.38 bits per heavy atom. The van der Waals surface area contributed by atoms with Gasteiger partial charge in [-0.2, -0.15) is 0 Å². The lowest BCUT2D eigenvalue weighted by Crippen LogP contribution is -2.11. The van der Waals surface area contributed by atoms with E-state index in [4.69, 9.17) is 4.42 Å². The SMILES string of the molecule is CC(C)(C)c1nc(Cc2ccccc2)co1. The van der Waals surface area contributed by atoms with Crippen molar-refractivity contribution in [3.05, 3.63) is 53.7 Å². The third-order valence-corrected chi connectivity index (χ3v) is 2.42. The van der Waals surface area contributed by atoms with Gasteiger partial charge in [0.2, 0.25) is 0 Å². The predicted molar refractivity (Wildman–Crippen MR) is 64.5 cm³/mol. The number of hydrogen-bond donors (Lipinski definition) is 0. The number of aromatic nitrogens is 1. The smallest absolute Gasteiger partial charge is 0.199 e. The highest BCUT2D eigenvalue weighted by Crippen LogP contribution is 2.21. The van der Waals surface area contributed by atoms with Gasteiger partial charge in [-0.05, 0) is 5.56 Å². The van der Waals surface area contributed by atoms with Crippen molar-refractivity contribution >= 4 is 0 Å². The minimum Gasteiger partial charge on any atom is -0.448 e. The zero-order valence-corrected chi connectivity index (χ0v) is 10.0. The molecule has 0 fully saturated rings. The fourth-order valence-corrected chi connectivity index (χ4v) is 1.54. The maximum atomic E-state index is 5.49. The van der Waals surface area contributed by atoms with E-state index in [1.165, 1.54) is 5.56 Å². The summed E-state index contributed by atoms with van der Waals surface area (Å²) >= 11 is 0. The summed E-state index contributed by atoms with van der Waals surface area (Å²) in [5.74, 6) is 0.804. The van der Waals surface area contributed by atoms with E-state index >= 15 is 0 Å². The van der Waals surface area contributed by atoms with Gasteiger partial charge in [0.1, 0.15) is 6.26 Å². The zero-order chi connectivity index (χ0) is 11.6. The minimum absolute atomic E-state index is 0.0189. The zero-order valence-electron chi connectivity index (χ0n) is 10.0. The van der Waals surface area contributed by atoms with Crippen molar-refractivity contribution in [2.75, 3.05) is 0 Å². The van der Waals surface area contributed by atoms with Crippen LogP contribution >= 0.6 is 0 Å². The molecule has 0 aliphatic rings. The van der Waals surface area contributed by atoms with Crippen LogP contribution in [0.2, 0.25) is 0 Å². The van der Waals surface area contributed by atoms with E-state index in [2.05, 4.69) is 37.9 Å². The number of nitrogens with zero attached hydrogens (tertiary/aromatic N) is 1. The van der Waals surface area contributed by atoms with Crippen molar-refractivity contribution in [1.82, 2.24) is 4.98 Å². The van der Waals surface area contributed by atoms with E-state index in [0.29, 0.717) is 0 Å². The van der Waals surface area contributed by atoms with Crippen LogP contribution in [0.1, 0.15) is 37.9 Å². The fourth-order valence-electron chi connectivity index (χ4n) is 1.54. The molecule has 0 saturated heterocycles. The van der Waals surface area contributed by atoms with Crippen LogP contribution in [0.4, 0.5) is 0 Å². The van der Waals surface area contributed by atoms with Crippen LogP contribution < -0.4 is 0 Å². The third-order valence-electron chi connectivity index (χ3n) is 2.42. The first kappa shape index (κ1) is 10.9. The van der Waals surface area contributed by atoms with E-state index in [0.717, 1.165) is 18.0 Å². The first-order chi connectivity index (χ1) is 7.55. The fraction of sp³-hybridized carbons (Fsp3) is 0.357. The molecule has 2 aromatic rings. The Kier molecular flexibility index (Phi) is 2.82. The van der Waals surface area contributed by atoms with E-state index in [-0.39, 0.29) is 5.41 Å². The summed E-state index contributed by atoms with van der Waals surface area (Å²) in [4.78, 5) is 4.51. The summed E-state index contributed by atoms with van der Waals surface area (Å²) in [6, 6.07) is 10.3. The van der Waals surface area contributed by atoms with Crippen molar-refractivity contribution in [1.29, 1.82) is 0 Å². The van der Waals surface area contributed by atoms with Crippen LogP contribution in [0.3, 0.4) is 0 Å². The van der Waals surface area contributed by atoms with Crippen LogP contribution in [0.15, 0.2) is 41.0 Å². The highest BCUT2D eigenvalue weighted by atomic mass is 16.3. The molecule has 1 aromatic carbocycles. The Bertz CT molecular complexity index is 451. The number of hydrogen-bond acceptors (Lipinski definition) is 2. The van der Waals surface area contributed by atoms with Gasteiger partial charge in [0.25, 0.3) is 0 Å². The molecule has 2 heteroatoms. The normalized spacial score (nSPS) is 11.7. The lowest BCUT2D eigenvalue weighted by molar-refractivity contribution is 0.392.